The van der Waals surface area contributed by atoms with Crippen molar-refractivity contribution in [2.45, 2.75) is 110 Å². The van der Waals surface area contributed by atoms with Crippen LogP contribution in [0.4, 0.5) is 0 Å². The molecule has 29 heavy (non-hydrogen) atoms. The van der Waals surface area contributed by atoms with Crippen molar-refractivity contribution in [1.29, 1.82) is 0 Å². The maximum atomic E-state index is 12.7. The number of carbonyl (C=O) groups is 1. The Kier molecular flexibility index (Phi) is 8.63. The zero-order valence-corrected chi connectivity index (χ0v) is 19.1. The van der Waals surface area contributed by atoms with Crippen LogP contribution in [-0.2, 0) is 4.79 Å². The number of hydrogen-bond acceptors (Lipinski definition) is 2. The Labute approximate surface area is 178 Å². The van der Waals surface area contributed by atoms with Crippen molar-refractivity contribution in [3.05, 3.63) is 29.3 Å². The van der Waals surface area contributed by atoms with E-state index in [4.69, 9.17) is 4.74 Å². The zero-order chi connectivity index (χ0) is 20.6. The summed E-state index contributed by atoms with van der Waals surface area (Å²) < 4.78 is 5.85. The molecule has 0 unspecified atom stereocenters. The highest BCUT2D eigenvalue weighted by atomic mass is 16.5. The van der Waals surface area contributed by atoms with Crippen LogP contribution < -0.4 is 4.74 Å². The van der Waals surface area contributed by atoms with E-state index in [1.165, 1.54) is 76.2 Å². The standard InChI is InChI=1S/C27H42O2/c1-4-6-8-22-11-15-24(16-12-22)27(28)29-26-18-17-25(19-20(26)3)23-13-9-21(7-5-2)10-14-23/h17-19,21-24H,4-16H2,1-3H3. The van der Waals surface area contributed by atoms with Gasteiger partial charge in [-0.2, -0.15) is 0 Å². The molecule has 2 nitrogen and oxygen atoms in total. The summed E-state index contributed by atoms with van der Waals surface area (Å²) >= 11 is 0. The van der Waals surface area contributed by atoms with Gasteiger partial charge in [0.25, 0.3) is 0 Å². The first-order valence-corrected chi connectivity index (χ1v) is 12.4. The minimum Gasteiger partial charge on any atom is -0.426 e. The molecule has 0 heterocycles. The Hall–Kier alpha value is -1.31. The molecule has 0 bridgehead atoms. The fourth-order valence-electron chi connectivity index (χ4n) is 5.61. The third-order valence-electron chi connectivity index (χ3n) is 7.57. The van der Waals surface area contributed by atoms with E-state index < -0.39 is 0 Å². The molecule has 0 spiro atoms. The summed E-state index contributed by atoms with van der Waals surface area (Å²) in [5, 5.41) is 0. The van der Waals surface area contributed by atoms with Crippen molar-refractivity contribution >= 4 is 5.97 Å². The fourth-order valence-corrected chi connectivity index (χ4v) is 5.61. The van der Waals surface area contributed by atoms with Crippen molar-refractivity contribution in [2.75, 3.05) is 0 Å². The average Bonchev–Trinajstić information content (AvgIpc) is 2.75. The van der Waals surface area contributed by atoms with E-state index in [0.717, 1.165) is 36.0 Å². The Morgan fingerprint density at radius 3 is 2.17 bits per heavy atom. The summed E-state index contributed by atoms with van der Waals surface area (Å²) in [6, 6.07) is 6.53. The van der Waals surface area contributed by atoms with Crippen molar-refractivity contribution < 1.29 is 9.53 Å². The van der Waals surface area contributed by atoms with Crippen molar-refractivity contribution in [3.8, 4) is 5.75 Å². The second-order valence-corrected chi connectivity index (χ2v) is 9.81. The molecule has 2 aliphatic carbocycles. The van der Waals surface area contributed by atoms with E-state index in [-0.39, 0.29) is 11.9 Å². The molecule has 2 heteroatoms. The molecule has 3 rings (SSSR count). The highest BCUT2D eigenvalue weighted by Crippen LogP contribution is 2.39. The Balaban J connectivity index is 1.50. The summed E-state index contributed by atoms with van der Waals surface area (Å²) in [7, 11) is 0. The van der Waals surface area contributed by atoms with Gasteiger partial charge in [0, 0.05) is 0 Å². The van der Waals surface area contributed by atoms with E-state index >= 15 is 0 Å². The number of ether oxygens (including phenoxy) is 1. The van der Waals surface area contributed by atoms with Crippen LogP contribution in [0, 0.1) is 24.7 Å². The third-order valence-corrected chi connectivity index (χ3v) is 7.57. The first kappa shape index (κ1) is 22.4. The molecule has 0 aromatic heterocycles. The quantitative estimate of drug-likeness (QED) is 0.328. The van der Waals surface area contributed by atoms with Crippen LogP contribution in [0.2, 0.25) is 0 Å². The monoisotopic (exact) mass is 398 g/mol. The lowest BCUT2D eigenvalue weighted by molar-refractivity contribution is -0.140. The van der Waals surface area contributed by atoms with Gasteiger partial charge in [-0.3, -0.25) is 4.79 Å². The van der Waals surface area contributed by atoms with Gasteiger partial charge in [-0.25, -0.2) is 0 Å². The number of benzene rings is 1. The predicted molar refractivity (Wildman–Crippen MR) is 121 cm³/mol. The molecule has 2 saturated carbocycles. The molecule has 162 valence electrons. The summed E-state index contributed by atoms with van der Waals surface area (Å²) in [5.41, 5.74) is 2.55. The van der Waals surface area contributed by atoms with Gasteiger partial charge in [-0.1, -0.05) is 58.1 Å². The fraction of sp³-hybridized carbons (Fsp3) is 0.741. The zero-order valence-electron chi connectivity index (χ0n) is 19.1. The van der Waals surface area contributed by atoms with Crippen LogP contribution in [0.5, 0.6) is 5.75 Å². The molecule has 2 aliphatic rings. The van der Waals surface area contributed by atoms with Gasteiger partial charge in [-0.15, -0.1) is 0 Å². The van der Waals surface area contributed by atoms with E-state index in [2.05, 4.69) is 32.9 Å². The number of hydrogen-bond donors (Lipinski definition) is 0. The van der Waals surface area contributed by atoms with Gasteiger partial charge >= 0.3 is 5.97 Å². The lowest BCUT2D eigenvalue weighted by Crippen LogP contribution is -2.26. The molecule has 0 amide bonds. The smallest absolute Gasteiger partial charge is 0.314 e. The van der Waals surface area contributed by atoms with Gasteiger partial charge in [-0.05, 0) is 93.2 Å². The van der Waals surface area contributed by atoms with E-state index in [0.29, 0.717) is 5.92 Å². The van der Waals surface area contributed by atoms with Gasteiger partial charge in [0.1, 0.15) is 5.75 Å². The molecule has 2 fully saturated rings. The van der Waals surface area contributed by atoms with Crippen LogP contribution in [0.25, 0.3) is 0 Å². The van der Waals surface area contributed by atoms with Crippen LogP contribution in [0.15, 0.2) is 18.2 Å². The summed E-state index contributed by atoms with van der Waals surface area (Å²) in [5.74, 6) is 3.31. The van der Waals surface area contributed by atoms with Gasteiger partial charge in [0.2, 0.25) is 0 Å². The molecule has 0 N–H and O–H groups in total. The molecular weight excluding hydrogens is 356 g/mol. The second kappa shape index (κ2) is 11.2. The lowest BCUT2D eigenvalue weighted by atomic mass is 9.77. The third kappa shape index (κ3) is 6.33. The molecule has 0 radical (unpaired) electrons. The van der Waals surface area contributed by atoms with Gasteiger partial charge in [0.05, 0.1) is 5.92 Å². The van der Waals surface area contributed by atoms with Crippen LogP contribution in [0.1, 0.15) is 114 Å². The van der Waals surface area contributed by atoms with Crippen molar-refractivity contribution in [3.63, 3.8) is 0 Å². The normalized spacial score (nSPS) is 27.6. The second-order valence-electron chi connectivity index (χ2n) is 9.81. The summed E-state index contributed by atoms with van der Waals surface area (Å²) in [4.78, 5) is 12.7. The molecule has 0 atom stereocenters. The Morgan fingerprint density at radius 2 is 1.55 bits per heavy atom. The number of rotatable bonds is 8. The van der Waals surface area contributed by atoms with E-state index in [1.54, 1.807) is 0 Å². The van der Waals surface area contributed by atoms with Gasteiger partial charge in [0.15, 0.2) is 0 Å². The average molecular weight is 399 g/mol. The summed E-state index contributed by atoms with van der Waals surface area (Å²) in [6.07, 6.45) is 16.4. The van der Waals surface area contributed by atoms with Gasteiger partial charge < -0.3 is 4.74 Å². The Bertz CT molecular complexity index is 634. The number of carbonyl (C=O) groups excluding carboxylic acids is 1. The first-order chi connectivity index (χ1) is 14.1. The lowest BCUT2D eigenvalue weighted by Gasteiger charge is -2.29. The minimum absolute atomic E-state index is 0.00475. The van der Waals surface area contributed by atoms with Crippen LogP contribution >= 0.6 is 0 Å². The highest BCUT2D eigenvalue weighted by molar-refractivity contribution is 5.75. The summed E-state index contributed by atoms with van der Waals surface area (Å²) in [6.45, 7) is 6.65. The first-order valence-electron chi connectivity index (χ1n) is 12.4. The maximum absolute atomic E-state index is 12.7. The number of unbranched alkanes of at least 4 members (excludes halogenated alkanes) is 1. The van der Waals surface area contributed by atoms with Crippen molar-refractivity contribution in [2.24, 2.45) is 17.8 Å². The predicted octanol–water partition coefficient (Wildman–Crippen LogP) is 7.97. The SMILES string of the molecule is CCCCC1CCC(C(=O)Oc2ccc(C3CCC(CCC)CC3)cc2C)CC1. The number of aryl methyl sites for hydroxylation is 1. The van der Waals surface area contributed by atoms with Crippen LogP contribution in [0.3, 0.4) is 0 Å². The molecular formula is C27H42O2. The molecule has 1 aromatic rings. The minimum atomic E-state index is -0.00475. The van der Waals surface area contributed by atoms with Crippen molar-refractivity contribution in [1.82, 2.24) is 0 Å². The Morgan fingerprint density at radius 1 is 0.897 bits per heavy atom. The van der Waals surface area contributed by atoms with Crippen LogP contribution in [-0.4, -0.2) is 5.97 Å². The topological polar surface area (TPSA) is 26.3 Å². The van der Waals surface area contributed by atoms with E-state index in [1.807, 2.05) is 6.07 Å². The molecule has 0 saturated heterocycles. The maximum Gasteiger partial charge on any atom is 0.314 e. The number of esters is 1. The molecule has 1 aromatic carbocycles. The highest BCUT2D eigenvalue weighted by Gasteiger charge is 2.28. The largest absolute Gasteiger partial charge is 0.426 e. The molecule has 0 aliphatic heterocycles. The van der Waals surface area contributed by atoms with E-state index in [9.17, 15) is 4.79 Å².